The highest BCUT2D eigenvalue weighted by molar-refractivity contribution is 6.41. The fourth-order valence-electron chi connectivity index (χ4n) is 4.75. The van der Waals surface area contributed by atoms with E-state index >= 15 is 0 Å². The van der Waals surface area contributed by atoms with Gasteiger partial charge in [-0.15, -0.1) is 0 Å². The first-order valence-corrected chi connectivity index (χ1v) is 12.2. The van der Waals surface area contributed by atoms with Crippen LogP contribution in [0.4, 0.5) is 17.1 Å². The zero-order valence-corrected chi connectivity index (χ0v) is 20.0. The molecule has 1 aliphatic rings. The zero-order chi connectivity index (χ0) is 25.2. The van der Waals surface area contributed by atoms with Crippen molar-refractivity contribution in [3.63, 3.8) is 0 Å². The number of ketones is 2. The van der Waals surface area contributed by atoms with Crippen LogP contribution in [0.15, 0.2) is 139 Å². The maximum absolute atomic E-state index is 13.2. The minimum absolute atomic E-state index is 0.205. The molecule has 0 spiro atoms. The predicted molar refractivity (Wildman–Crippen MR) is 150 cm³/mol. The second-order valence-electron chi connectivity index (χ2n) is 8.94. The van der Waals surface area contributed by atoms with Crippen LogP contribution in [-0.2, 0) is 0 Å². The van der Waals surface area contributed by atoms with Crippen LogP contribution in [0.1, 0.15) is 26.3 Å². The summed E-state index contributed by atoms with van der Waals surface area (Å²) >= 11 is 0. The molecule has 3 heteroatoms. The summed E-state index contributed by atoms with van der Waals surface area (Å²) in [6, 6.07) is 43.6. The fraction of sp³-hybridized carbons (Fsp3) is 0. The highest BCUT2D eigenvalue weighted by Crippen LogP contribution is 2.35. The molecule has 0 aromatic heterocycles. The van der Waals surface area contributed by atoms with Crippen molar-refractivity contribution in [3.05, 3.63) is 156 Å². The number of carbonyl (C=O) groups is 2. The molecule has 0 N–H and O–H groups in total. The van der Waals surface area contributed by atoms with E-state index in [0.29, 0.717) is 11.1 Å². The molecule has 176 valence electrons. The first-order chi connectivity index (χ1) is 18.2. The van der Waals surface area contributed by atoms with Gasteiger partial charge >= 0.3 is 0 Å². The molecule has 37 heavy (non-hydrogen) atoms. The van der Waals surface area contributed by atoms with Crippen LogP contribution in [-0.4, -0.2) is 11.6 Å². The number of fused-ring (bicyclic) bond motifs is 1. The Bertz CT molecular complexity index is 1580. The van der Waals surface area contributed by atoms with Crippen molar-refractivity contribution in [1.29, 1.82) is 0 Å². The molecule has 0 saturated heterocycles. The Balaban J connectivity index is 1.32. The largest absolute Gasteiger partial charge is 0.311 e. The second-order valence-corrected chi connectivity index (χ2v) is 8.94. The molecule has 0 atom stereocenters. The molecule has 3 nitrogen and oxygen atoms in total. The molecule has 0 saturated carbocycles. The van der Waals surface area contributed by atoms with E-state index < -0.39 is 0 Å². The molecule has 0 radical (unpaired) electrons. The number of allylic oxidation sites excluding steroid dienone is 1. The summed E-state index contributed by atoms with van der Waals surface area (Å²) < 4.78 is 0. The number of benzene rings is 5. The Morgan fingerprint density at radius 3 is 1.57 bits per heavy atom. The molecular weight excluding hydrogens is 454 g/mol. The number of para-hydroxylation sites is 2. The maximum Gasteiger partial charge on any atom is 0.197 e. The van der Waals surface area contributed by atoms with Crippen molar-refractivity contribution in [2.45, 2.75) is 0 Å². The van der Waals surface area contributed by atoms with Crippen molar-refractivity contribution < 1.29 is 9.59 Å². The Labute approximate surface area is 216 Å². The monoisotopic (exact) mass is 477 g/mol. The standard InChI is InChI=1S/C34H23NO2/c36-33-30-21-18-26(25-10-4-1-5-11-25)23-31(30)34(37)32(33)22-24-16-19-29(20-17-24)35(27-12-6-2-7-13-27)28-14-8-3-9-15-28/h1-23H. The van der Waals surface area contributed by atoms with E-state index in [1.165, 1.54) is 0 Å². The van der Waals surface area contributed by atoms with E-state index in [4.69, 9.17) is 0 Å². The molecule has 1 aliphatic carbocycles. The second kappa shape index (κ2) is 9.56. The molecule has 5 aromatic carbocycles. The van der Waals surface area contributed by atoms with E-state index in [2.05, 4.69) is 29.2 Å². The zero-order valence-electron chi connectivity index (χ0n) is 20.0. The van der Waals surface area contributed by atoms with E-state index in [0.717, 1.165) is 33.8 Å². The summed E-state index contributed by atoms with van der Waals surface area (Å²) in [5, 5.41) is 0. The predicted octanol–water partition coefficient (Wildman–Crippen LogP) is 8.29. The summed E-state index contributed by atoms with van der Waals surface area (Å²) in [5.74, 6) is -0.448. The molecule has 0 bridgehead atoms. The van der Waals surface area contributed by atoms with Gasteiger partial charge in [-0.05, 0) is 71.3 Å². The molecule has 6 rings (SSSR count). The van der Waals surface area contributed by atoms with Gasteiger partial charge in [0, 0.05) is 28.2 Å². The van der Waals surface area contributed by atoms with Crippen molar-refractivity contribution >= 4 is 34.7 Å². The number of hydrogen-bond acceptors (Lipinski definition) is 3. The molecule has 0 amide bonds. The van der Waals surface area contributed by atoms with E-state index in [1.807, 2.05) is 103 Å². The van der Waals surface area contributed by atoms with Crippen molar-refractivity contribution in [3.8, 4) is 11.1 Å². The van der Waals surface area contributed by atoms with Gasteiger partial charge in [-0.25, -0.2) is 0 Å². The van der Waals surface area contributed by atoms with Gasteiger partial charge in [0.15, 0.2) is 11.6 Å². The van der Waals surface area contributed by atoms with Gasteiger partial charge in [-0.3, -0.25) is 9.59 Å². The quantitative estimate of drug-likeness (QED) is 0.189. The molecule has 0 fully saturated rings. The van der Waals surface area contributed by atoms with E-state index in [9.17, 15) is 9.59 Å². The van der Waals surface area contributed by atoms with Crippen LogP contribution in [0.3, 0.4) is 0 Å². The highest BCUT2D eigenvalue weighted by atomic mass is 16.2. The average molecular weight is 478 g/mol. The van der Waals surface area contributed by atoms with E-state index in [-0.39, 0.29) is 17.1 Å². The first kappa shape index (κ1) is 22.4. The van der Waals surface area contributed by atoms with Crippen LogP contribution in [0.2, 0.25) is 0 Å². The molecule has 0 aliphatic heterocycles. The number of carbonyl (C=O) groups excluding carboxylic acids is 2. The minimum atomic E-state index is -0.225. The third-order valence-corrected chi connectivity index (χ3v) is 6.60. The number of rotatable bonds is 5. The summed E-state index contributed by atoms with van der Waals surface area (Å²) in [4.78, 5) is 28.5. The molecular formula is C34H23NO2. The highest BCUT2D eigenvalue weighted by Gasteiger charge is 2.33. The van der Waals surface area contributed by atoms with Crippen molar-refractivity contribution in [1.82, 2.24) is 0 Å². The topological polar surface area (TPSA) is 37.4 Å². The Hall–Kier alpha value is -5.02. The average Bonchev–Trinajstić information content (AvgIpc) is 3.20. The Morgan fingerprint density at radius 1 is 0.459 bits per heavy atom. The number of anilines is 3. The third-order valence-electron chi connectivity index (χ3n) is 6.60. The van der Waals surface area contributed by atoms with Gasteiger partial charge in [-0.2, -0.15) is 0 Å². The number of Topliss-reactive ketones (excluding diaryl/α,β-unsaturated/α-hetero) is 2. The molecule has 0 heterocycles. The summed E-state index contributed by atoms with van der Waals surface area (Å²) in [5.41, 5.74) is 6.96. The summed E-state index contributed by atoms with van der Waals surface area (Å²) in [7, 11) is 0. The summed E-state index contributed by atoms with van der Waals surface area (Å²) in [6.45, 7) is 0. The van der Waals surface area contributed by atoms with Crippen LogP contribution in [0, 0.1) is 0 Å². The normalized spacial score (nSPS) is 13.6. The van der Waals surface area contributed by atoms with Crippen LogP contribution < -0.4 is 4.90 Å². The minimum Gasteiger partial charge on any atom is -0.311 e. The molecule has 5 aromatic rings. The van der Waals surface area contributed by atoms with Crippen LogP contribution in [0.25, 0.3) is 17.2 Å². The van der Waals surface area contributed by atoms with Gasteiger partial charge in [0.1, 0.15) is 0 Å². The number of hydrogen-bond donors (Lipinski definition) is 0. The summed E-state index contributed by atoms with van der Waals surface area (Å²) in [6.07, 6.45) is 1.70. The lowest BCUT2D eigenvalue weighted by Crippen LogP contribution is -2.09. The Morgan fingerprint density at radius 2 is 0.973 bits per heavy atom. The SMILES string of the molecule is O=C1C(=Cc2ccc(N(c3ccccc3)c3ccccc3)cc2)C(=O)c2cc(-c3ccccc3)ccc21. The number of nitrogens with zero attached hydrogens (tertiary/aromatic N) is 1. The lowest BCUT2D eigenvalue weighted by molar-refractivity contribution is 0.0990. The Kier molecular flexibility index (Phi) is 5.80. The van der Waals surface area contributed by atoms with Crippen LogP contribution in [0.5, 0.6) is 0 Å². The van der Waals surface area contributed by atoms with Gasteiger partial charge in [-0.1, -0.05) is 84.9 Å². The van der Waals surface area contributed by atoms with Crippen LogP contribution >= 0.6 is 0 Å². The van der Waals surface area contributed by atoms with Gasteiger partial charge in [0.2, 0.25) is 0 Å². The third kappa shape index (κ3) is 4.28. The van der Waals surface area contributed by atoms with Crippen molar-refractivity contribution in [2.24, 2.45) is 0 Å². The van der Waals surface area contributed by atoms with Gasteiger partial charge in [0.05, 0.1) is 5.57 Å². The maximum atomic E-state index is 13.2. The molecule has 0 unspecified atom stereocenters. The van der Waals surface area contributed by atoms with Crippen molar-refractivity contribution in [2.75, 3.05) is 4.90 Å². The first-order valence-electron chi connectivity index (χ1n) is 12.2. The lowest BCUT2D eigenvalue weighted by atomic mass is 10.0. The van der Waals surface area contributed by atoms with E-state index in [1.54, 1.807) is 12.1 Å². The van der Waals surface area contributed by atoms with Gasteiger partial charge < -0.3 is 4.90 Å². The smallest absolute Gasteiger partial charge is 0.197 e. The lowest BCUT2D eigenvalue weighted by Gasteiger charge is -2.25. The van der Waals surface area contributed by atoms with Gasteiger partial charge in [0.25, 0.3) is 0 Å². The fourth-order valence-corrected chi connectivity index (χ4v) is 4.75.